The maximum Gasteiger partial charge on any atom is 0.199 e. The second-order valence-electron chi connectivity index (χ2n) is 7.52. The third-order valence-corrected chi connectivity index (χ3v) is 5.61. The molecule has 0 saturated carbocycles. The highest BCUT2D eigenvalue weighted by Gasteiger charge is 2.43. The monoisotopic (exact) mass is 416 g/mol. The van der Waals surface area contributed by atoms with Crippen LogP contribution in [0.15, 0.2) is 91.1 Å². The molecular weight excluding hydrogens is 388 g/mol. The Morgan fingerprint density at radius 3 is 2.35 bits per heavy atom. The number of hydrogen-bond donors (Lipinski definition) is 2. The van der Waals surface area contributed by atoms with Crippen molar-refractivity contribution in [2.75, 3.05) is 20.7 Å². The van der Waals surface area contributed by atoms with E-state index in [0.717, 1.165) is 27.8 Å². The van der Waals surface area contributed by atoms with E-state index in [0.29, 0.717) is 13.2 Å². The molecule has 2 atom stereocenters. The van der Waals surface area contributed by atoms with Crippen LogP contribution >= 0.6 is 0 Å². The number of fused-ring (bicyclic) bond motifs is 1. The number of aromatic nitrogens is 1. The Bertz CT molecular complexity index is 1110. The van der Waals surface area contributed by atoms with Gasteiger partial charge in [-0.25, -0.2) is 0 Å². The molecular formula is C26H28N2O3. The average molecular weight is 417 g/mol. The lowest BCUT2D eigenvalue weighted by Crippen LogP contribution is -2.51. The van der Waals surface area contributed by atoms with Crippen molar-refractivity contribution in [3.05, 3.63) is 102 Å². The predicted molar refractivity (Wildman–Crippen MR) is 123 cm³/mol. The lowest BCUT2D eigenvalue weighted by Gasteiger charge is -2.40. The van der Waals surface area contributed by atoms with E-state index in [1.165, 1.54) is 0 Å². The molecule has 5 nitrogen and oxygen atoms in total. The molecule has 2 N–H and O–H groups in total. The highest BCUT2D eigenvalue weighted by atomic mass is 16.5. The number of ether oxygens (including phenoxy) is 2. The van der Waals surface area contributed by atoms with Crippen LogP contribution in [0.4, 0.5) is 0 Å². The van der Waals surface area contributed by atoms with Crippen molar-refractivity contribution in [2.24, 2.45) is 0 Å². The third kappa shape index (κ3) is 4.08. The van der Waals surface area contributed by atoms with Crippen molar-refractivity contribution in [1.82, 2.24) is 9.88 Å². The number of aliphatic hydroxyl groups is 1. The molecule has 0 bridgehead atoms. The Balaban J connectivity index is 1.84. The summed E-state index contributed by atoms with van der Waals surface area (Å²) in [6, 6.07) is 27.9. The van der Waals surface area contributed by atoms with E-state index < -0.39 is 11.8 Å². The number of hydrogen-bond acceptors (Lipinski definition) is 4. The molecule has 3 aromatic carbocycles. The molecule has 0 saturated heterocycles. The van der Waals surface area contributed by atoms with Crippen molar-refractivity contribution in [3.63, 3.8) is 0 Å². The Hall–Kier alpha value is -3.12. The fourth-order valence-corrected chi connectivity index (χ4v) is 4.04. The number of likely N-dealkylation sites (N-methyl/N-ethyl adjacent to an activating group) is 1. The first kappa shape index (κ1) is 21.1. The normalized spacial score (nSPS) is 14.3. The molecule has 0 fully saturated rings. The average Bonchev–Trinajstić information content (AvgIpc) is 3.25. The fourth-order valence-electron chi connectivity index (χ4n) is 4.04. The van der Waals surface area contributed by atoms with Gasteiger partial charge >= 0.3 is 0 Å². The number of para-hydroxylation sites is 1. The maximum atomic E-state index is 11.5. The molecule has 31 heavy (non-hydrogen) atoms. The van der Waals surface area contributed by atoms with Gasteiger partial charge in [-0.1, -0.05) is 60.7 Å². The molecule has 1 aromatic heterocycles. The van der Waals surface area contributed by atoms with Crippen LogP contribution in [0.5, 0.6) is 5.75 Å². The summed E-state index contributed by atoms with van der Waals surface area (Å²) in [5, 5.41) is 15.7. The Labute approximate surface area is 182 Å². The second kappa shape index (κ2) is 9.35. The highest BCUT2D eigenvalue weighted by Crippen LogP contribution is 2.36. The van der Waals surface area contributed by atoms with Gasteiger partial charge in [0, 0.05) is 18.3 Å². The number of nitrogens with one attached hydrogen (secondary N) is 1. The molecule has 0 radical (unpaired) electrons. The standard InChI is InChI=1S/C26H28N2O3/c1-27-18-25(29)26(22-9-4-3-5-10-22,28-17-16-21-8-6-7-11-24(21)28)31-19-20-12-14-23(30-2)15-13-20/h3-17,25,27,29H,18-19H2,1-2H3. The van der Waals surface area contributed by atoms with Gasteiger partial charge in [-0.15, -0.1) is 0 Å². The van der Waals surface area contributed by atoms with Crippen molar-refractivity contribution in [3.8, 4) is 5.75 Å². The van der Waals surface area contributed by atoms with Gasteiger partial charge in [0.25, 0.3) is 0 Å². The van der Waals surface area contributed by atoms with E-state index in [-0.39, 0.29) is 0 Å². The van der Waals surface area contributed by atoms with E-state index in [2.05, 4.69) is 23.5 Å². The molecule has 1 heterocycles. The zero-order chi connectivity index (χ0) is 21.7. The first-order valence-corrected chi connectivity index (χ1v) is 10.4. The van der Waals surface area contributed by atoms with Gasteiger partial charge in [-0.3, -0.25) is 0 Å². The summed E-state index contributed by atoms with van der Waals surface area (Å²) >= 11 is 0. The lowest BCUT2D eigenvalue weighted by atomic mass is 9.95. The van der Waals surface area contributed by atoms with Gasteiger partial charge in [0.2, 0.25) is 0 Å². The van der Waals surface area contributed by atoms with Gasteiger partial charge in [-0.05, 0) is 42.3 Å². The first-order chi connectivity index (χ1) is 15.2. The van der Waals surface area contributed by atoms with Crippen LogP contribution < -0.4 is 10.1 Å². The van der Waals surface area contributed by atoms with Crippen LogP contribution in [-0.4, -0.2) is 36.5 Å². The third-order valence-electron chi connectivity index (χ3n) is 5.61. The van der Waals surface area contributed by atoms with Crippen LogP contribution in [0.1, 0.15) is 11.1 Å². The number of aliphatic hydroxyl groups excluding tert-OH is 1. The Morgan fingerprint density at radius 2 is 1.65 bits per heavy atom. The van der Waals surface area contributed by atoms with Crippen LogP contribution in [0, 0.1) is 0 Å². The molecule has 0 amide bonds. The molecule has 0 aliphatic rings. The zero-order valence-corrected chi connectivity index (χ0v) is 17.9. The van der Waals surface area contributed by atoms with E-state index >= 15 is 0 Å². The minimum atomic E-state index is -1.12. The van der Waals surface area contributed by atoms with Crippen LogP contribution in [0.3, 0.4) is 0 Å². The molecule has 4 rings (SSSR count). The van der Waals surface area contributed by atoms with Gasteiger partial charge in [-0.2, -0.15) is 0 Å². The molecule has 160 valence electrons. The fraction of sp³-hybridized carbons (Fsp3) is 0.231. The molecule has 0 aliphatic heterocycles. The maximum absolute atomic E-state index is 11.5. The van der Waals surface area contributed by atoms with Crippen LogP contribution in [-0.2, 0) is 17.1 Å². The van der Waals surface area contributed by atoms with Crippen molar-refractivity contribution >= 4 is 10.9 Å². The van der Waals surface area contributed by atoms with Crippen LogP contribution in [0.25, 0.3) is 10.9 Å². The summed E-state index contributed by atoms with van der Waals surface area (Å²) in [7, 11) is 3.48. The minimum Gasteiger partial charge on any atom is -0.497 e. The van der Waals surface area contributed by atoms with Crippen LogP contribution in [0.2, 0.25) is 0 Å². The second-order valence-corrected chi connectivity index (χ2v) is 7.52. The number of nitrogens with zero attached hydrogens (tertiary/aromatic N) is 1. The lowest BCUT2D eigenvalue weighted by molar-refractivity contribution is -0.154. The van der Waals surface area contributed by atoms with Gasteiger partial charge in [0.1, 0.15) is 11.9 Å². The summed E-state index contributed by atoms with van der Waals surface area (Å²) in [6.07, 6.45) is 1.15. The van der Waals surface area contributed by atoms with Crippen molar-refractivity contribution in [2.45, 2.75) is 18.4 Å². The van der Waals surface area contributed by atoms with E-state index in [1.807, 2.05) is 84.5 Å². The topological polar surface area (TPSA) is 55.6 Å². The summed E-state index contributed by atoms with van der Waals surface area (Å²) in [6.45, 7) is 0.691. The first-order valence-electron chi connectivity index (χ1n) is 10.4. The van der Waals surface area contributed by atoms with Crippen molar-refractivity contribution in [1.29, 1.82) is 0 Å². The number of rotatable bonds is 9. The molecule has 0 spiro atoms. The van der Waals surface area contributed by atoms with Crippen molar-refractivity contribution < 1.29 is 14.6 Å². The molecule has 5 heteroatoms. The quantitative estimate of drug-likeness (QED) is 0.430. The number of methoxy groups -OCH3 is 1. The predicted octanol–water partition coefficient (Wildman–Crippen LogP) is 4.15. The van der Waals surface area contributed by atoms with Gasteiger partial charge in [0.15, 0.2) is 5.72 Å². The largest absolute Gasteiger partial charge is 0.497 e. The van der Waals surface area contributed by atoms with E-state index in [4.69, 9.17) is 9.47 Å². The van der Waals surface area contributed by atoms with Gasteiger partial charge in [0.05, 0.1) is 19.2 Å². The zero-order valence-electron chi connectivity index (χ0n) is 17.9. The smallest absolute Gasteiger partial charge is 0.199 e. The summed E-state index contributed by atoms with van der Waals surface area (Å²) in [4.78, 5) is 0. The molecule has 4 aromatic rings. The highest BCUT2D eigenvalue weighted by molar-refractivity contribution is 5.80. The number of benzene rings is 3. The summed E-state index contributed by atoms with van der Waals surface area (Å²) in [5.41, 5.74) is 1.76. The minimum absolute atomic E-state index is 0.326. The summed E-state index contributed by atoms with van der Waals surface area (Å²) in [5.74, 6) is 0.796. The van der Waals surface area contributed by atoms with E-state index in [1.54, 1.807) is 7.11 Å². The SMILES string of the molecule is CNCC(O)C(OCc1ccc(OC)cc1)(c1ccccc1)n1ccc2ccccc21. The molecule has 0 aliphatic carbocycles. The Kier molecular flexibility index (Phi) is 6.37. The van der Waals surface area contributed by atoms with E-state index in [9.17, 15) is 5.11 Å². The van der Waals surface area contributed by atoms with Gasteiger partial charge < -0.3 is 24.5 Å². The molecule has 2 unspecified atom stereocenters. The Morgan fingerprint density at radius 1 is 0.935 bits per heavy atom. The summed E-state index contributed by atoms with van der Waals surface area (Å²) < 4.78 is 14.0.